The van der Waals surface area contributed by atoms with Crippen LogP contribution in [0.4, 0.5) is 18.3 Å². The summed E-state index contributed by atoms with van der Waals surface area (Å²) in [6.07, 6.45) is -3.47. The highest BCUT2D eigenvalue weighted by Gasteiger charge is 2.33. The highest BCUT2D eigenvalue weighted by molar-refractivity contribution is 7.15. The van der Waals surface area contributed by atoms with Gasteiger partial charge in [-0.25, -0.2) is 4.98 Å². The van der Waals surface area contributed by atoms with E-state index in [0.717, 1.165) is 17.5 Å². The molecule has 0 saturated heterocycles. The van der Waals surface area contributed by atoms with Gasteiger partial charge < -0.3 is 9.64 Å². The maximum absolute atomic E-state index is 12.5. The van der Waals surface area contributed by atoms with Gasteiger partial charge >= 0.3 is 6.18 Å². The first-order chi connectivity index (χ1) is 9.40. The average Bonchev–Trinajstić information content (AvgIpc) is 2.89. The molecule has 0 saturated carbocycles. The molecule has 0 fully saturated rings. The Morgan fingerprint density at radius 3 is 2.40 bits per heavy atom. The van der Waals surface area contributed by atoms with Crippen LogP contribution in [0.15, 0.2) is 30.5 Å². The summed E-state index contributed by atoms with van der Waals surface area (Å²) in [5, 5.41) is 0.341. The number of rotatable bonds is 4. The Morgan fingerprint density at radius 2 is 1.90 bits per heavy atom. The zero-order valence-electron chi connectivity index (χ0n) is 10.9. The van der Waals surface area contributed by atoms with Gasteiger partial charge in [0.15, 0.2) is 5.13 Å². The maximum Gasteiger partial charge on any atom is 0.427 e. The summed E-state index contributed by atoms with van der Waals surface area (Å²) in [6.45, 7) is 0.481. The van der Waals surface area contributed by atoms with Crippen LogP contribution in [0.5, 0.6) is 5.75 Å². The summed E-state index contributed by atoms with van der Waals surface area (Å²) >= 11 is 0.640. The summed E-state index contributed by atoms with van der Waals surface area (Å²) in [5.41, 5.74) is 0.969. The first-order valence-electron chi connectivity index (χ1n) is 5.77. The Hall–Kier alpha value is -1.76. The van der Waals surface area contributed by atoms with Crippen molar-refractivity contribution in [3.05, 3.63) is 40.9 Å². The number of methoxy groups -OCH3 is 1. The van der Waals surface area contributed by atoms with E-state index in [1.807, 2.05) is 24.3 Å². The fourth-order valence-corrected chi connectivity index (χ4v) is 2.39. The molecule has 2 aromatic rings. The number of hydrogen-bond donors (Lipinski definition) is 0. The number of benzene rings is 1. The zero-order chi connectivity index (χ0) is 14.8. The Kier molecular flexibility index (Phi) is 4.17. The molecule has 7 heteroatoms. The van der Waals surface area contributed by atoms with Crippen molar-refractivity contribution in [2.75, 3.05) is 19.1 Å². The van der Waals surface area contributed by atoms with Crippen molar-refractivity contribution in [2.24, 2.45) is 0 Å². The van der Waals surface area contributed by atoms with Crippen LogP contribution in [-0.4, -0.2) is 19.1 Å². The average molecular weight is 302 g/mol. The quantitative estimate of drug-likeness (QED) is 0.859. The summed E-state index contributed by atoms with van der Waals surface area (Å²) in [5.74, 6) is 0.741. The lowest BCUT2D eigenvalue weighted by Gasteiger charge is -2.15. The molecule has 1 aromatic carbocycles. The van der Waals surface area contributed by atoms with Gasteiger partial charge in [-0.1, -0.05) is 23.5 Å². The molecule has 0 unspecified atom stereocenters. The SMILES string of the molecule is COc1ccc(CN(C)c2ncc(C(F)(F)F)s2)cc1. The van der Waals surface area contributed by atoms with Gasteiger partial charge in [0.05, 0.1) is 13.3 Å². The molecule has 0 aliphatic heterocycles. The van der Waals surface area contributed by atoms with E-state index < -0.39 is 11.1 Å². The van der Waals surface area contributed by atoms with Crippen LogP contribution >= 0.6 is 11.3 Å². The van der Waals surface area contributed by atoms with Gasteiger partial charge in [-0.15, -0.1) is 0 Å². The third-order valence-electron chi connectivity index (χ3n) is 2.68. The number of alkyl halides is 3. The van der Waals surface area contributed by atoms with Crippen LogP contribution in [-0.2, 0) is 12.7 Å². The molecule has 2 rings (SSSR count). The summed E-state index contributed by atoms with van der Waals surface area (Å²) in [4.78, 5) is 4.81. The molecule has 1 aromatic heterocycles. The third-order valence-corrected chi connectivity index (χ3v) is 3.83. The number of anilines is 1. The van der Waals surface area contributed by atoms with Gasteiger partial charge in [0.25, 0.3) is 0 Å². The molecule has 20 heavy (non-hydrogen) atoms. The molecule has 0 amide bonds. The number of thiazole rings is 1. The molecule has 108 valence electrons. The lowest BCUT2D eigenvalue weighted by molar-refractivity contribution is -0.134. The second kappa shape index (κ2) is 5.70. The molecular formula is C13H13F3N2OS. The fraction of sp³-hybridized carbons (Fsp3) is 0.308. The number of halogens is 3. The van der Waals surface area contributed by atoms with E-state index in [-0.39, 0.29) is 0 Å². The van der Waals surface area contributed by atoms with Gasteiger partial charge in [-0.05, 0) is 17.7 Å². The molecule has 0 aliphatic carbocycles. The molecular weight excluding hydrogens is 289 g/mol. The number of nitrogens with zero attached hydrogens (tertiary/aromatic N) is 2. The zero-order valence-corrected chi connectivity index (χ0v) is 11.8. The van der Waals surface area contributed by atoms with E-state index in [9.17, 15) is 13.2 Å². The minimum atomic E-state index is -4.34. The fourth-order valence-electron chi connectivity index (χ4n) is 1.64. The summed E-state index contributed by atoms with van der Waals surface area (Å²) in [6, 6.07) is 7.36. The van der Waals surface area contributed by atoms with E-state index in [0.29, 0.717) is 23.0 Å². The minimum absolute atomic E-state index is 0.341. The van der Waals surface area contributed by atoms with Crippen LogP contribution in [0.3, 0.4) is 0 Å². The normalized spacial score (nSPS) is 11.4. The van der Waals surface area contributed by atoms with E-state index in [1.165, 1.54) is 0 Å². The summed E-state index contributed by atoms with van der Waals surface area (Å²) < 4.78 is 42.6. The molecule has 0 spiro atoms. The Balaban J connectivity index is 2.07. The summed E-state index contributed by atoms with van der Waals surface area (Å²) in [7, 11) is 3.29. The van der Waals surface area contributed by atoms with Crippen molar-refractivity contribution < 1.29 is 17.9 Å². The van der Waals surface area contributed by atoms with Gasteiger partial charge in [0.1, 0.15) is 10.6 Å². The molecule has 0 N–H and O–H groups in total. The van der Waals surface area contributed by atoms with E-state index >= 15 is 0 Å². The number of ether oxygens (including phenoxy) is 1. The minimum Gasteiger partial charge on any atom is -0.497 e. The van der Waals surface area contributed by atoms with Crippen molar-refractivity contribution in [3.8, 4) is 5.75 Å². The molecule has 3 nitrogen and oxygen atoms in total. The first-order valence-corrected chi connectivity index (χ1v) is 6.59. The van der Waals surface area contributed by atoms with E-state index in [1.54, 1.807) is 19.1 Å². The second-order valence-electron chi connectivity index (χ2n) is 4.21. The molecule has 0 atom stereocenters. The third kappa shape index (κ3) is 3.41. The Bertz CT molecular complexity index is 566. The topological polar surface area (TPSA) is 25.4 Å². The van der Waals surface area contributed by atoms with Crippen molar-refractivity contribution in [3.63, 3.8) is 0 Å². The molecule has 0 radical (unpaired) electrons. The standard InChI is InChI=1S/C13H13F3N2OS/c1-18(8-9-3-5-10(19-2)6-4-9)12-17-7-11(20-12)13(14,15)16/h3-7H,8H2,1-2H3. The van der Waals surface area contributed by atoms with Crippen LogP contribution in [0.25, 0.3) is 0 Å². The predicted molar refractivity (Wildman–Crippen MR) is 72.2 cm³/mol. The van der Waals surface area contributed by atoms with Crippen molar-refractivity contribution in [1.29, 1.82) is 0 Å². The predicted octanol–water partition coefficient (Wildman–Crippen LogP) is 3.81. The van der Waals surface area contributed by atoms with Crippen LogP contribution in [0.2, 0.25) is 0 Å². The Morgan fingerprint density at radius 1 is 1.25 bits per heavy atom. The van der Waals surface area contributed by atoms with Gasteiger partial charge in [-0.3, -0.25) is 0 Å². The van der Waals surface area contributed by atoms with Crippen molar-refractivity contribution in [1.82, 2.24) is 4.98 Å². The highest BCUT2D eigenvalue weighted by atomic mass is 32.1. The van der Waals surface area contributed by atoms with Gasteiger partial charge in [-0.2, -0.15) is 13.2 Å². The monoisotopic (exact) mass is 302 g/mol. The number of hydrogen-bond acceptors (Lipinski definition) is 4. The molecule has 0 bridgehead atoms. The molecule has 0 aliphatic rings. The lowest BCUT2D eigenvalue weighted by Crippen LogP contribution is -2.15. The van der Waals surface area contributed by atoms with Crippen LogP contribution in [0.1, 0.15) is 10.4 Å². The molecule has 1 heterocycles. The second-order valence-corrected chi connectivity index (χ2v) is 5.22. The smallest absolute Gasteiger partial charge is 0.427 e. The Labute approximate surface area is 118 Å². The van der Waals surface area contributed by atoms with E-state index in [2.05, 4.69) is 4.98 Å². The largest absolute Gasteiger partial charge is 0.497 e. The van der Waals surface area contributed by atoms with Gasteiger partial charge in [0.2, 0.25) is 0 Å². The van der Waals surface area contributed by atoms with Crippen molar-refractivity contribution >= 4 is 16.5 Å². The highest BCUT2D eigenvalue weighted by Crippen LogP contribution is 2.36. The van der Waals surface area contributed by atoms with Crippen LogP contribution in [0, 0.1) is 0 Å². The van der Waals surface area contributed by atoms with Crippen molar-refractivity contribution in [2.45, 2.75) is 12.7 Å². The van der Waals surface area contributed by atoms with Crippen LogP contribution < -0.4 is 9.64 Å². The van der Waals surface area contributed by atoms with E-state index in [4.69, 9.17) is 4.74 Å². The number of aromatic nitrogens is 1. The first kappa shape index (κ1) is 14.6. The maximum atomic E-state index is 12.5. The lowest BCUT2D eigenvalue weighted by atomic mass is 10.2. The van der Waals surface area contributed by atoms with Gasteiger partial charge in [0, 0.05) is 13.6 Å².